The fourth-order valence-electron chi connectivity index (χ4n) is 2.48. The van der Waals surface area contributed by atoms with E-state index in [9.17, 15) is 4.79 Å². The Kier molecular flexibility index (Phi) is 4.64. The minimum Gasteiger partial charge on any atom is -0.342 e. The van der Waals surface area contributed by atoms with Crippen LogP contribution in [0.4, 0.5) is 0 Å². The lowest BCUT2D eigenvalue weighted by molar-refractivity contribution is -0.133. The van der Waals surface area contributed by atoms with Crippen molar-refractivity contribution in [1.29, 1.82) is 0 Å². The van der Waals surface area contributed by atoms with E-state index in [1.54, 1.807) is 18.0 Å². The molecule has 0 aromatic carbocycles. The molecule has 4 heteroatoms. The molecule has 1 aromatic rings. The molecule has 1 fully saturated rings. The van der Waals surface area contributed by atoms with Gasteiger partial charge in [-0.2, -0.15) is 11.8 Å². The molecule has 0 radical (unpaired) electrons. The largest absolute Gasteiger partial charge is 0.342 e. The van der Waals surface area contributed by atoms with Crippen LogP contribution in [0.1, 0.15) is 24.8 Å². The number of nitrogens with zero attached hydrogens (tertiary/aromatic N) is 2. The van der Waals surface area contributed by atoms with Crippen molar-refractivity contribution in [2.75, 3.05) is 25.1 Å². The third kappa shape index (κ3) is 3.05. The lowest BCUT2D eigenvalue weighted by atomic mass is 10.0. The maximum Gasteiger partial charge on any atom is 0.226 e. The van der Waals surface area contributed by atoms with Crippen LogP contribution in [0.2, 0.25) is 0 Å². The molecule has 2 heterocycles. The molecule has 0 bridgehead atoms. The monoisotopic (exact) mass is 264 g/mol. The van der Waals surface area contributed by atoms with Gasteiger partial charge in [0.15, 0.2) is 0 Å². The Balaban J connectivity index is 1.94. The molecule has 18 heavy (non-hydrogen) atoms. The van der Waals surface area contributed by atoms with Gasteiger partial charge in [-0.15, -0.1) is 0 Å². The van der Waals surface area contributed by atoms with Crippen LogP contribution in [0.25, 0.3) is 0 Å². The molecule has 98 valence electrons. The van der Waals surface area contributed by atoms with Gasteiger partial charge in [-0.1, -0.05) is 13.0 Å². The predicted octanol–water partition coefficient (Wildman–Crippen LogP) is 2.40. The quantitative estimate of drug-likeness (QED) is 0.837. The van der Waals surface area contributed by atoms with E-state index < -0.39 is 0 Å². The fraction of sp³-hybridized carbons (Fsp3) is 0.571. The molecular formula is C14H20N2OS. The summed E-state index contributed by atoms with van der Waals surface area (Å²) in [6, 6.07) is 4.08. The zero-order valence-corrected chi connectivity index (χ0v) is 11.8. The number of likely N-dealkylation sites (tertiary alicyclic amines) is 1. The molecule has 2 unspecified atom stereocenters. The van der Waals surface area contributed by atoms with Gasteiger partial charge < -0.3 is 4.90 Å². The first-order valence-electron chi connectivity index (χ1n) is 6.40. The van der Waals surface area contributed by atoms with Gasteiger partial charge in [0.2, 0.25) is 5.91 Å². The average molecular weight is 264 g/mol. The van der Waals surface area contributed by atoms with Gasteiger partial charge in [-0.25, -0.2) is 0 Å². The average Bonchev–Trinajstić information content (AvgIpc) is 2.89. The number of carbonyl (C=O) groups is 1. The molecule has 1 aromatic heterocycles. The first-order chi connectivity index (χ1) is 8.72. The van der Waals surface area contributed by atoms with Crippen molar-refractivity contribution in [1.82, 2.24) is 9.88 Å². The number of pyridine rings is 1. The highest BCUT2D eigenvalue weighted by Crippen LogP contribution is 2.27. The molecule has 0 saturated carbocycles. The van der Waals surface area contributed by atoms with Crippen molar-refractivity contribution in [2.24, 2.45) is 5.92 Å². The Morgan fingerprint density at radius 2 is 2.50 bits per heavy atom. The summed E-state index contributed by atoms with van der Waals surface area (Å²) < 4.78 is 0. The Morgan fingerprint density at radius 1 is 1.67 bits per heavy atom. The highest BCUT2D eigenvalue weighted by molar-refractivity contribution is 7.98. The number of rotatable bonds is 4. The molecule has 0 aliphatic carbocycles. The second-order valence-corrected chi connectivity index (χ2v) is 5.82. The van der Waals surface area contributed by atoms with Crippen molar-refractivity contribution in [3.8, 4) is 0 Å². The second-order valence-electron chi connectivity index (χ2n) is 4.91. The van der Waals surface area contributed by atoms with Crippen molar-refractivity contribution in [3.63, 3.8) is 0 Å². The normalized spacial score (nSPS) is 21.0. The summed E-state index contributed by atoms with van der Waals surface area (Å²) in [5.41, 5.74) is 1.25. The Hall–Kier alpha value is -1.03. The van der Waals surface area contributed by atoms with Crippen LogP contribution in [0, 0.1) is 5.92 Å². The van der Waals surface area contributed by atoms with Crippen LogP contribution in [-0.4, -0.2) is 40.9 Å². The van der Waals surface area contributed by atoms with E-state index in [0.29, 0.717) is 11.8 Å². The lowest BCUT2D eigenvalue weighted by Crippen LogP contribution is -2.34. The van der Waals surface area contributed by atoms with Gasteiger partial charge in [-0.3, -0.25) is 9.78 Å². The molecule has 2 rings (SSSR count). The van der Waals surface area contributed by atoms with Crippen molar-refractivity contribution in [3.05, 3.63) is 30.1 Å². The van der Waals surface area contributed by atoms with Gasteiger partial charge in [0.1, 0.15) is 0 Å². The molecule has 3 nitrogen and oxygen atoms in total. The Labute approximate surface area is 113 Å². The van der Waals surface area contributed by atoms with E-state index in [-0.39, 0.29) is 5.92 Å². The summed E-state index contributed by atoms with van der Waals surface area (Å²) in [7, 11) is 0. The first kappa shape index (κ1) is 13.4. The first-order valence-corrected chi connectivity index (χ1v) is 7.79. The maximum atomic E-state index is 12.2. The van der Waals surface area contributed by atoms with Crippen molar-refractivity contribution in [2.45, 2.75) is 19.3 Å². The number of thioether (sulfide) groups is 1. The number of aromatic nitrogens is 1. The second kappa shape index (κ2) is 6.23. The highest BCUT2D eigenvalue weighted by Gasteiger charge is 2.29. The zero-order valence-electron chi connectivity index (χ0n) is 11.0. The predicted molar refractivity (Wildman–Crippen MR) is 75.7 cm³/mol. The van der Waals surface area contributed by atoms with Crippen LogP contribution >= 0.6 is 11.8 Å². The minimum absolute atomic E-state index is 0.132. The molecule has 1 saturated heterocycles. The van der Waals surface area contributed by atoms with E-state index in [2.05, 4.69) is 11.1 Å². The van der Waals surface area contributed by atoms with Crippen LogP contribution in [-0.2, 0) is 4.79 Å². The zero-order chi connectivity index (χ0) is 13.0. The number of hydrogen-bond acceptors (Lipinski definition) is 3. The molecular weight excluding hydrogens is 244 g/mol. The van der Waals surface area contributed by atoms with Crippen molar-refractivity contribution < 1.29 is 4.79 Å². The van der Waals surface area contributed by atoms with E-state index in [1.807, 2.05) is 30.3 Å². The number of hydrogen-bond donors (Lipinski definition) is 0. The Morgan fingerprint density at radius 3 is 3.17 bits per heavy atom. The van der Waals surface area contributed by atoms with E-state index in [4.69, 9.17) is 0 Å². The molecule has 0 N–H and O–H groups in total. The van der Waals surface area contributed by atoms with E-state index in [0.717, 1.165) is 25.3 Å². The van der Waals surface area contributed by atoms with Crippen LogP contribution in [0.3, 0.4) is 0 Å². The van der Waals surface area contributed by atoms with Crippen molar-refractivity contribution >= 4 is 17.7 Å². The topological polar surface area (TPSA) is 33.2 Å². The lowest BCUT2D eigenvalue weighted by Gasteiger charge is -2.20. The van der Waals surface area contributed by atoms with Gasteiger partial charge in [0, 0.05) is 43.1 Å². The van der Waals surface area contributed by atoms with Crippen LogP contribution < -0.4 is 0 Å². The Bertz CT molecular complexity index is 396. The third-order valence-corrected chi connectivity index (χ3v) is 4.33. The minimum atomic E-state index is 0.132. The molecule has 1 aliphatic heterocycles. The number of amides is 1. The maximum absolute atomic E-state index is 12.2. The van der Waals surface area contributed by atoms with Gasteiger partial charge >= 0.3 is 0 Å². The number of carbonyl (C=O) groups excluding carboxylic acids is 1. The summed E-state index contributed by atoms with van der Waals surface area (Å²) in [5, 5.41) is 0. The summed E-state index contributed by atoms with van der Waals surface area (Å²) in [6.45, 7) is 3.76. The van der Waals surface area contributed by atoms with Gasteiger partial charge in [0.05, 0.1) is 0 Å². The van der Waals surface area contributed by atoms with E-state index in [1.165, 1.54) is 5.56 Å². The molecule has 0 spiro atoms. The smallest absolute Gasteiger partial charge is 0.226 e. The third-order valence-electron chi connectivity index (χ3n) is 3.49. The SMILES string of the molecule is CSCC(C)C(=O)N1CCC(c2cccnc2)C1. The van der Waals surface area contributed by atoms with Crippen LogP contribution in [0.15, 0.2) is 24.5 Å². The van der Waals surface area contributed by atoms with Gasteiger partial charge in [-0.05, 0) is 24.3 Å². The van der Waals surface area contributed by atoms with Gasteiger partial charge in [0.25, 0.3) is 0 Å². The summed E-state index contributed by atoms with van der Waals surface area (Å²) in [6.07, 6.45) is 6.82. The standard InChI is InChI=1S/C14H20N2OS/c1-11(10-18-2)14(17)16-7-5-13(9-16)12-4-3-6-15-8-12/h3-4,6,8,11,13H,5,7,9-10H2,1-2H3. The summed E-state index contributed by atoms with van der Waals surface area (Å²) in [4.78, 5) is 18.4. The van der Waals surface area contributed by atoms with Crippen LogP contribution in [0.5, 0.6) is 0 Å². The summed E-state index contributed by atoms with van der Waals surface area (Å²) in [5.74, 6) is 1.81. The summed E-state index contributed by atoms with van der Waals surface area (Å²) >= 11 is 1.74. The highest BCUT2D eigenvalue weighted by atomic mass is 32.2. The fourth-order valence-corrected chi connectivity index (χ4v) is 3.13. The molecule has 1 aliphatic rings. The van der Waals surface area contributed by atoms with E-state index >= 15 is 0 Å². The molecule has 2 atom stereocenters. The molecule has 1 amide bonds.